The lowest BCUT2D eigenvalue weighted by Crippen LogP contribution is -2.00. The lowest BCUT2D eigenvalue weighted by Gasteiger charge is -2.10. The molecule has 2 rings (SSSR count). The first-order valence-corrected chi connectivity index (χ1v) is 7.14. The van der Waals surface area contributed by atoms with Gasteiger partial charge in [0.1, 0.15) is 0 Å². The van der Waals surface area contributed by atoms with Crippen molar-refractivity contribution in [1.82, 2.24) is 4.57 Å². The van der Waals surface area contributed by atoms with Gasteiger partial charge in [0.25, 0.3) is 0 Å². The normalized spacial score (nSPS) is 10.6. The van der Waals surface area contributed by atoms with E-state index in [1.54, 1.807) is 0 Å². The maximum absolute atomic E-state index is 3.81. The molecule has 0 fully saturated rings. The Hall–Kier alpha value is -1.76. The molecule has 0 atom stereocenters. The molecular formula is C18H23N. The van der Waals surface area contributed by atoms with E-state index < -0.39 is 0 Å². The van der Waals surface area contributed by atoms with Crippen molar-refractivity contribution >= 4 is 0 Å². The maximum atomic E-state index is 3.81. The van der Waals surface area contributed by atoms with Crippen LogP contribution in [0.4, 0.5) is 0 Å². The molecule has 0 spiro atoms. The Morgan fingerprint density at radius 3 is 2.58 bits per heavy atom. The zero-order valence-electron chi connectivity index (χ0n) is 12.0. The Morgan fingerprint density at radius 1 is 1.21 bits per heavy atom. The SMILES string of the molecule is C=CCCCc1c(C)c(CC)cn1-c1ccccc1. The molecule has 0 radical (unpaired) electrons. The lowest BCUT2D eigenvalue weighted by molar-refractivity contribution is 0.789. The van der Waals surface area contributed by atoms with Gasteiger partial charge in [-0.3, -0.25) is 0 Å². The summed E-state index contributed by atoms with van der Waals surface area (Å²) in [6, 6.07) is 10.6. The van der Waals surface area contributed by atoms with Crippen LogP contribution >= 0.6 is 0 Å². The number of para-hydroxylation sites is 1. The third-order valence-electron chi connectivity index (χ3n) is 3.73. The van der Waals surface area contributed by atoms with E-state index in [0.29, 0.717) is 0 Å². The van der Waals surface area contributed by atoms with Gasteiger partial charge in [-0.05, 0) is 55.9 Å². The highest BCUT2D eigenvalue weighted by Crippen LogP contribution is 2.23. The standard InChI is InChI=1S/C18H23N/c1-4-6-8-13-18-15(3)16(5-2)14-19(18)17-11-9-7-10-12-17/h4,7,9-12,14H,1,5-6,8,13H2,2-3H3. The monoisotopic (exact) mass is 253 g/mol. The Morgan fingerprint density at radius 2 is 1.95 bits per heavy atom. The van der Waals surface area contributed by atoms with Crippen LogP contribution in [-0.2, 0) is 12.8 Å². The number of aromatic nitrogens is 1. The first-order chi connectivity index (χ1) is 9.27. The Labute approximate surface area is 116 Å². The van der Waals surface area contributed by atoms with E-state index in [9.17, 15) is 0 Å². The number of hydrogen-bond acceptors (Lipinski definition) is 0. The highest BCUT2D eigenvalue weighted by atomic mass is 15.0. The number of allylic oxidation sites excluding steroid dienone is 1. The topological polar surface area (TPSA) is 4.93 Å². The molecule has 100 valence electrons. The first kappa shape index (κ1) is 13.7. The van der Waals surface area contributed by atoms with Gasteiger partial charge in [-0.2, -0.15) is 0 Å². The number of rotatable bonds is 6. The van der Waals surface area contributed by atoms with Gasteiger partial charge in [-0.25, -0.2) is 0 Å². The molecule has 0 aliphatic heterocycles. The van der Waals surface area contributed by atoms with Crippen LogP contribution in [-0.4, -0.2) is 4.57 Å². The molecule has 0 saturated heterocycles. The smallest absolute Gasteiger partial charge is 0.0452 e. The maximum Gasteiger partial charge on any atom is 0.0452 e. The number of benzene rings is 1. The minimum atomic E-state index is 1.08. The van der Waals surface area contributed by atoms with E-state index in [4.69, 9.17) is 0 Å². The fourth-order valence-electron chi connectivity index (χ4n) is 2.59. The van der Waals surface area contributed by atoms with Crippen molar-refractivity contribution in [2.45, 2.75) is 39.5 Å². The van der Waals surface area contributed by atoms with Crippen molar-refractivity contribution in [2.24, 2.45) is 0 Å². The van der Waals surface area contributed by atoms with Crippen LogP contribution in [0.3, 0.4) is 0 Å². The van der Waals surface area contributed by atoms with Crippen LogP contribution in [0.25, 0.3) is 5.69 Å². The quantitative estimate of drug-likeness (QED) is 0.512. The largest absolute Gasteiger partial charge is 0.320 e. The van der Waals surface area contributed by atoms with Crippen molar-refractivity contribution < 1.29 is 0 Å². The zero-order chi connectivity index (χ0) is 13.7. The van der Waals surface area contributed by atoms with Gasteiger partial charge in [-0.15, -0.1) is 6.58 Å². The lowest BCUT2D eigenvalue weighted by atomic mass is 10.1. The van der Waals surface area contributed by atoms with Crippen LogP contribution in [0.5, 0.6) is 0 Å². The molecule has 0 aliphatic carbocycles. The van der Waals surface area contributed by atoms with Crippen molar-refractivity contribution in [3.05, 3.63) is 66.0 Å². The van der Waals surface area contributed by atoms with Crippen LogP contribution in [0, 0.1) is 6.92 Å². The predicted molar refractivity (Wildman–Crippen MR) is 83.0 cm³/mol. The second-order valence-electron chi connectivity index (χ2n) is 4.97. The predicted octanol–water partition coefficient (Wildman–Crippen LogP) is 4.86. The molecule has 1 heterocycles. The van der Waals surface area contributed by atoms with Gasteiger partial charge in [0.2, 0.25) is 0 Å². The minimum absolute atomic E-state index is 1.08. The Balaban J connectivity index is 2.38. The third kappa shape index (κ3) is 2.98. The molecule has 1 nitrogen and oxygen atoms in total. The zero-order valence-corrected chi connectivity index (χ0v) is 12.0. The summed E-state index contributed by atoms with van der Waals surface area (Å²) < 4.78 is 2.36. The van der Waals surface area contributed by atoms with Gasteiger partial charge < -0.3 is 4.57 Å². The summed E-state index contributed by atoms with van der Waals surface area (Å²) in [5.41, 5.74) is 5.62. The summed E-state index contributed by atoms with van der Waals surface area (Å²) in [5.74, 6) is 0. The van der Waals surface area contributed by atoms with E-state index in [-0.39, 0.29) is 0 Å². The molecule has 19 heavy (non-hydrogen) atoms. The second kappa shape index (κ2) is 6.42. The molecule has 0 bridgehead atoms. The van der Waals surface area contributed by atoms with E-state index in [2.05, 4.69) is 61.5 Å². The average molecular weight is 253 g/mol. The van der Waals surface area contributed by atoms with Crippen molar-refractivity contribution in [3.63, 3.8) is 0 Å². The van der Waals surface area contributed by atoms with E-state index in [1.807, 2.05) is 6.08 Å². The molecule has 0 aliphatic rings. The number of hydrogen-bond donors (Lipinski definition) is 0. The Bertz CT molecular complexity index is 534. The highest BCUT2D eigenvalue weighted by molar-refractivity contribution is 5.41. The number of nitrogens with zero attached hydrogens (tertiary/aromatic N) is 1. The second-order valence-corrected chi connectivity index (χ2v) is 4.97. The van der Waals surface area contributed by atoms with E-state index in [0.717, 1.165) is 19.3 Å². The Kier molecular flexibility index (Phi) is 4.62. The molecular weight excluding hydrogens is 230 g/mol. The summed E-state index contributed by atoms with van der Waals surface area (Å²) in [7, 11) is 0. The summed E-state index contributed by atoms with van der Waals surface area (Å²) in [6.45, 7) is 8.29. The molecule has 1 heteroatoms. The summed E-state index contributed by atoms with van der Waals surface area (Å²) in [6.07, 6.45) is 8.78. The molecule has 0 N–H and O–H groups in total. The molecule has 1 aromatic carbocycles. The molecule has 0 saturated carbocycles. The fraction of sp³-hybridized carbons (Fsp3) is 0.333. The summed E-state index contributed by atoms with van der Waals surface area (Å²) in [4.78, 5) is 0. The van der Waals surface area contributed by atoms with Gasteiger partial charge in [0.05, 0.1) is 0 Å². The van der Waals surface area contributed by atoms with E-state index in [1.165, 1.54) is 28.9 Å². The van der Waals surface area contributed by atoms with Crippen LogP contribution < -0.4 is 0 Å². The van der Waals surface area contributed by atoms with Gasteiger partial charge in [0, 0.05) is 17.6 Å². The van der Waals surface area contributed by atoms with Crippen molar-refractivity contribution in [1.29, 1.82) is 0 Å². The molecule has 0 unspecified atom stereocenters. The average Bonchev–Trinajstić information content (AvgIpc) is 2.77. The molecule has 2 aromatic rings. The third-order valence-corrected chi connectivity index (χ3v) is 3.73. The number of unbranched alkanes of at least 4 members (excludes halogenated alkanes) is 1. The van der Waals surface area contributed by atoms with Gasteiger partial charge in [0.15, 0.2) is 0 Å². The fourth-order valence-corrected chi connectivity index (χ4v) is 2.59. The molecule has 1 aromatic heterocycles. The van der Waals surface area contributed by atoms with E-state index >= 15 is 0 Å². The van der Waals surface area contributed by atoms with Crippen LogP contribution in [0.1, 0.15) is 36.6 Å². The summed E-state index contributed by atoms with van der Waals surface area (Å²) >= 11 is 0. The summed E-state index contributed by atoms with van der Waals surface area (Å²) in [5, 5.41) is 0. The van der Waals surface area contributed by atoms with Crippen molar-refractivity contribution in [2.75, 3.05) is 0 Å². The van der Waals surface area contributed by atoms with Crippen LogP contribution in [0.2, 0.25) is 0 Å². The highest BCUT2D eigenvalue weighted by Gasteiger charge is 2.11. The van der Waals surface area contributed by atoms with Crippen molar-refractivity contribution in [3.8, 4) is 5.69 Å². The minimum Gasteiger partial charge on any atom is -0.320 e. The van der Waals surface area contributed by atoms with Gasteiger partial charge >= 0.3 is 0 Å². The number of aryl methyl sites for hydroxylation is 1. The molecule has 0 amide bonds. The first-order valence-electron chi connectivity index (χ1n) is 7.14. The van der Waals surface area contributed by atoms with Crippen LogP contribution in [0.15, 0.2) is 49.2 Å². The van der Waals surface area contributed by atoms with Gasteiger partial charge in [-0.1, -0.05) is 31.2 Å².